The van der Waals surface area contributed by atoms with Gasteiger partial charge < -0.3 is 10.4 Å². The van der Waals surface area contributed by atoms with Gasteiger partial charge in [-0.2, -0.15) is 4.98 Å². The normalized spacial score (nSPS) is 11.1. The van der Waals surface area contributed by atoms with Crippen molar-refractivity contribution < 1.29 is 13.5 Å². The molecular formula is C14H12N4O3S2. The smallest absolute Gasteiger partial charge is 0.263 e. The molecule has 0 aliphatic carbocycles. The molecule has 0 unspecified atom stereocenters. The summed E-state index contributed by atoms with van der Waals surface area (Å²) in [6.07, 6.45) is 1.47. The number of hydrogen-bond acceptors (Lipinski definition) is 7. The lowest BCUT2D eigenvalue weighted by molar-refractivity contribution is 0.458. The number of anilines is 3. The molecule has 0 radical (unpaired) electrons. The van der Waals surface area contributed by atoms with Crippen LogP contribution in [0.3, 0.4) is 0 Å². The number of rotatable bonds is 5. The maximum Gasteiger partial charge on any atom is 0.263 e. The van der Waals surface area contributed by atoms with E-state index in [1.54, 1.807) is 30.3 Å². The molecule has 3 N–H and O–H groups in total. The van der Waals surface area contributed by atoms with Gasteiger partial charge in [0.1, 0.15) is 5.82 Å². The molecular weight excluding hydrogens is 336 g/mol. The van der Waals surface area contributed by atoms with Gasteiger partial charge in [-0.25, -0.2) is 13.4 Å². The molecule has 0 saturated carbocycles. The van der Waals surface area contributed by atoms with Gasteiger partial charge in [0.05, 0.1) is 10.3 Å². The Morgan fingerprint density at radius 3 is 2.61 bits per heavy atom. The zero-order valence-electron chi connectivity index (χ0n) is 11.7. The minimum absolute atomic E-state index is 0.0726. The summed E-state index contributed by atoms with van der Waals surface area (Å²) in [5.74, 6) is 0.108. The first-order valence-electron chi connectivity index (χ1n) is 6.48. The molecule has 2 heterocycles. The van der Waals surface area contributed by atoms with E-state index in [0.717, 1.165) is 0 Å². The minimum Gasteiger partial charge on any atom is -0.493 e. The van der Waals surface area contributed by atoms with Gasteiger partial charge in [-0.05, 0) is 18.2 Å². The Bertz CT molecular complexity index is 911. The Morgan fingerprint density at radius 1 is 1.13 bits per heavy atom. The Hall–Kier alpha value is -2.65. The van der Waals surface area contributed by atoms with Gasteiger partial charge in [-0.3, -0.25) is 4.72 Å². The van der Waals surface area contributed by atoms with E-state index in [4.69, 9.17) is 0 Å². The molecule has 0 atom stereocenters. The molecule has 0 aliphatic rings. The minimum atomic E-state index is -3.69. The summed E-state index contributed by atoms with van der Waals surface area (Å²) in [6.45, 7) is 0. The zero-order valence-corrected chi connectivity index (χ0v) is 13.3. The highest BCUT2D eigenvalue weighted by Gasteiger charge is 2.14. The standard InChI is InChI=1S/C14H12N4O3S2/c19-13-9-22-14(17-13)16-10-6-7-15-12(8-10)18-23(20,21)11-4-2-1-3-5-11/h1-9,19H,(H2,15,16,17,18). The van der Waals surface area contributed by atoms with E-state index in [1.165, 1.54) is 35.0 Å². The Kier molecular flexibility index (Phi) is 4.13. The number of hydrogen-bond donors (Lipinski definition) is 3. The van der Waals surface area contributed by atoms with Gasteiger partial charge >= 0.3 is 0 Å². The molecule has 0 bridgehead atoms. The lowest BCUT2D eigenvalue weighted by Crippen LogP contribution is -2.13. The van der Waals surface area contributed by atoms with Crippen LogP contribution in [0.25, 0.3) is 0 Å². The Morgan fingerprint density at radius 2 is 1.91 bits per heavy atom. The van der Waals surface area contributed by atoms with E-state index in [2.05, 4.69) is 20.0 Å². The molecule has 1 aromatic carbocycles. The highest BCUT2D eigenvalue weighted by atomic mass is 32.2. The molecule has 2 aromatic heterocycles. The van der Waals surface area contributed by atoms with E-state index in [1.807, 2.05) is 0 Å². The summed E-state index contributed by atoms with van der Waals surface area (Å²) in [7, 11) is -3.69. The molecule has 0 saturated heterocycles. The van der Waals surface area contributed by atoms with Crippen LogP contribution in [0.2, 0.25) is 0 Å². The van der Waals surface area contributed by atoms with Gasteiger partial charge in [-0.15, -0.1) is 11.3 Å². The predicted octanol–water partition coefficient (Wildman–Crippen LogP) is 2.79. The second-order valence-electron chi connectivity index (χ2n) is 4.48. The molecule has 7 nitrogen and oxygen atoms in total. The summed E-state index contributed by atoms with van der Waals surface area (Å²) in [4.78, 5) is 8.02. The van der Waals surface area contributed by atoms with Crippen molar-refractivity contribution in [1.82, 2.24) is 9.97 Å². The third-order valence-corrected chi connectivity index (χ3v) is 4.91. The summed E-state index contributed by atoms with van der Waals surface area (Å²) >= 11 is 1.23. The fraction of sp³-hybridized carbons (Fsp3) is 0. The summed E-state index contributed by atoms with van der Waals surface area (Å²) < 4.78 is 26.9. The van der Waals surface area contributed by atoms with Crippen LogP contribution in [0.1, 0.15) is 0 Å². The Labute approximate surface area is 136 Å². The quantitative estimate of drug-likeness (QED) is 0.655. The van der Waals surface area contributed by atoms with Crippen LogP contribution < -0.4 is 10.0 Å². The number of thiazole rings is 1. The lowest BCUT2D eigenvalue weighted by atomic mass is 10.4. The second kappa shape index (κ2) is 6.23. The number of benzene rings is 1. The molecule has 3 rings (SSSR count). The van der Waals surface area contributed by atoms with E-state index in [0.29, 0.717) is 10.8 Å². The van der Waals surface area contributed by atoms with Crippen LogP contribution in [-0.4, -0.2) is 23.5 Å². The van der Waals surface area contributed by atoms with Crippen LogP contribution in [0.15, 0.2) is 58.9 Å². The average molecular weight is 348 g/mol. The first-order valence-corrected chi connectivity index (χ1v) is 8.85. The van der Waals surface area contributed by atoms with E-state index in [-0.39, 0.29) is 16.6 Å². The van der Waals surface area contributed by atoms with Crippen LogP contribution in [0, 0.1) is 0 Å². The molecule has 0 aliphatic heterocycles. The van der Waals surface area contributed by atoms with Crippen molar-refractivity contribution in [1.29, 1.82) is 0 Å². The van der Waals surface area contributed by atoms with Crippen molar-refractivity contribution in [2.24, 2.45) is 0 Å². The number of aromatic nitrogens is 2. The molecule has 9 heteroatoms. The maximum atomic E-state index is 12.3. The van der Waals surface area contributed by atoms with Gasteiger partial charge in [0, 0.05) is 18.0 Å². The van der Waals surface area contributed by atoms with Crippen molar-refractivity contribution in [2.75, 3.05) is 10.0 Å². The van der Waals surface area contributed by atoms with E-state index in [9.17, 15) is 13.5 Å². The molecule has 0 spiro atoms. The number of pyridine rings is 1. The lowest BCUT2D eigenvalue weighted by Gasteiger charge is -2.09. The summed E-state index contributed by atoms with van der Waals surface area (Å²) in [5.41, 5.74) is 0.597. The molecule has 118 valence electrons. The third kappa shape index (κ3) is 3.76. The van der Waals surface area contributed by atoms with Gasteiger partial charge in [0.2, 0.25) is 5.88 Å². The van der Waals surface area contributed by atoms with Crippen molar-refractivity contribution in [2.45, 2.75) is 4.90 Å². The highest BCUT2D eigenvalue weighted by Crippen LogP contribution is 2.25. The van der Waals surface area contributed by atoms with Crippen molar-refractivity contribution >= 4 is 38.0 Å². The van der Waals surface area contributed by atoms with Gasteiger partial charge in [0.15, 0.2) is 5.13 Å². The van der Waals surface area contributed by atoms with Crippen LogP contribution >= 0.6 is 11.3 Å². The SMILES string of the molecule is O=S(=O)(Nc1cc(Nc2nc(O)cs2)ccn1)c1ccccc1. The fourth-order valence-electron chi connectivity index (χ4n) is 1.81. The van der Waals surface area contributed by atoms with Crippen molar-refractivity contribution in [3.63, 3.8) is 0 Å². The number of nitrogens with one attached hydrogen (secondary N) is 2. The Balaban J connectivity index is 1.80. The molecule has 23 heavy (non-hydrogen) atoms. The monoisotopic (exact) mass is 348 g/mol. The fourth-order valence-corrected chi connectivity index (χ4v) is 3.42. The largest absolute Gasteiger partial charge is 0.493 e. The van der Waals surface area contributed by atoms with Crippen molar-refractivity contribution in [3.05, 3.63) is 54.0 Å². The molecule has 3 aromatic rings. The van der Waals surface area contributed by atoms with Crippen LogP contribution in [-0.2, 0) is 10.0 Å². The van der Waals surface area contributed by atoms with Gasteiger partial charge in [0.25, 0.3) is 10.0 Å². The molecule has 0 fully saturated rings. The van der Waals surface area contributed by atoms with Gasteiger partial charge in [-0.1, -0.05) is 18.2 Å². The zero-order chi connectivity index (χ0) is 16.3. The summed E-state index contributed by atoms with van der Waals surface area (Å²) in [6, 6.07) is 11.2. The average Bonchev–Trinajstić information content (AvgIpc) is 2.93. The number of nitrogens with zero attached hydrogens (tertiary/aromatic N) is 2. The van der Waals surface area contributed by atoms with E-state index < -0.39 is 10.0 Å². The van der Waals surface area contributed by atoms with E-state index >= 15 is 0 Å². The predicted molar refractivity (Wildman–Crippen MR) is 88.5 cm³/mol. The highest BCUT2D eigenvalue weighted by molar-refractivity contribution is 7.92. The number of aromatic hydroxyl groups is 1. The van der Waals surface area contributed by atoms with Crippen molar-refractivity contribution in [3.8, 4) is 5.88 Å². The first-order chi connectivity index (χ1) is 11.0. The first kappa shape index (κ1) is 15.3. The second-order valence-corrected chi connectivity index (χ2v) is 7.02. The van der Waals surface area contributed by atoms with Crippen LogP contribution in [0.4, 0.5) is 16.6 Å². The third-order valence-electron chi connectivity index (χ3n) is 2.80. The maximum absolute atomic E-state index is 12.3. The number of sulfonamides is 1. The topological polar surface area (TPSA) is 104 Å². The summed E-state index contributed by atoms with van der Waals surface area (Å²) in [5, 5.41) is 14.2. The van der Waals surface area contributed by atoms with Crippen LogP contribution in [0.5, 0.6) is 5.88 Å². The molecule has 0 amide bonds.